The fourth-order valence-electron chi connectivity index (χ4n) is 2.01. The average molecular weight is 285 g/mol. The second-order valence-corrected chi connectivity index (χ2v) is 4.95. The molecule has 0 amide bonds. The third-order valence-corrected chi connectivity index (χ3v) is 3.48. The van der Waals surface area contributed by atoms with E-state index >= 15 is 0 Å². The van der Waals surface area contributed by atoms with E-state index < -0.39 is 22.8 Å². The number of hydrogen-bond acceptors (Lipinski definition) is 0. The first-order valence-electron chi connectivity index (χ1n) is 5.76. The smallest absolute Gasteiger partial charge is 0.161 e. The Morgan fingerprint density at radius 1 is 0.842 bits per heavy atom. The van der Waals surface area contributed by atoms with Gasteiger partial charge in [0, 0.05) is 11.6 Å². The second-order valence-electron chi connectivity index (χ2n) is 4.51. The van der Waals surface area contributed by atoms with Crippen LogP contribution in [0.4, 0.5) is 13.2 Å². The Balaban J connectivity index is 2.49. The lowest BCUT2D eigenvalue weighted by atomic mass is 9.98. The number of alkyl halides is 1. The lowest BCUT2D eigenvalue weighted by Gasteiger charge is -2.15. The summed E-state index contributed by atoms with van der Waals surface area (Å²) < 4.78 is 39.8. The van der Waals surface area contributed by atoms with Crippen LogP contribution in [0.3, 0.4) is 0 Å². The van der Waals surface area contributed by atoms with Crippen LogP contribution in [0.25, 0.3) is 0 Å². The Bertz CT molecular complexity index is 623. The molecule has 0 radical (unpaired) electrons. The van der Waals surface area contributed by atoms with Crippen molar-refractivity contribution in [1.29, 1.82) is 0 Å². The highest BCUT2D eigenvalue weighted by Gasteiger charge is 2.19. The van der Waals surface area contributed by atoms with Crippen LogP contribution in [0.15, 0.2) is 30.3 Å². The maximum atomic E-state index is 13.7. The highest BCUT2D eigenvalue weighted by atomic mass is 35.5. The first-order chi connectivity index (χ1) is 8.90. The van der Waals surface area contributed by atoms with Gasteiger partial charge in [-0.2, -0.15) is 0 Å². The molecule has 0 heterocycles. The number of rotatable bonds is 2. The largest absolute Gasteiger partial charge is 0.207 e. The van der Waals surface area contributed by atoms with E-state index in [0.717, 1.165) is 17.2 Å². The molecule has 1 atom stereocenters. The van der Waals surface area contributed by atoms with Crippen LogP contribution in [-0.2, 0) is 0 Å². The summed E-state index contributed by atoms with van der Waals surface area (Å²) in [5, 5.41) is -0.851. The summed E-state index contributed by atoms with van der Waals surface area (Å²) >= 11 is 6.19. The minimum absolute atomic E-state index is 0.0625. The standard InChI is InChI=1S/C15H12ClF3/c1-8-3-4-10(9(2)5-8)15(16)11-6-13(18)14(19)7-12(11)17/h3-7,15H,1-2H3. The normalized spacial score (nSPS) is 12.5. The molecule has 0 aliphatic rings. The molecule has 19 heavy (non-hydrogen) atoms. The average Bonchev–Trinajstić information content (AvgIpc) is 2.33. The first-order valence-corrected chi connectivity index (χ1v) is 6.19. The minimum atomic E-state index is -1.22. The predicted molar refractivity (Wildman–Crippen MR) is 69.9 cm³/mol. The van der Waals surface area contributed by atoms with Gasteiger partial charge in [-0.25, -0.2) is 13.2 Å². The van der Waals surface area contributed by atoms with E-state index in [-0.39, 0.29) is 5.56 Å². The van der Waals surface area contributed by atoms with E-state index in [1.165, 1.54) is 0 Å². The fraction of sp³-hybridized carbons (Fsp3) is 0.200. The quantitative estimate of drug-likeness (QED) is 0.535. The van der Waals surface area contributed by atoms with Crippen LogP contribution < -0.4 is 0 Å². The van der Waals surface area contributed by atoms with E-state index in [0.29, 0.717) is 11.6 Å². The van der Waals surface area contributed by atoms with Crippen molar-refractivity contribution >= 4 is 11.6 Å². The molecule has 2 aromatic rings. The Kier molecular flexibility index (Phi) is 3.85. The molecule has 0 aliphatic carbocycles. The Morgan fingerprint density at radius 2 is 1.47 bits per heavy atom. The number of halogens is 4. The lowest BCUT2D eigenvalue weighted by molar-refractivity contribution is 0.490. The SMILES string of the molecule is Cc1ccc(C(Cl)c2cc(F)c(F)cc2F)c(C)c1. The van der Waals surface area contributed by atoms with Crippen LogP contribution in [0.1, 0.15) is 27.6 Å². The molecule has 0 aromatic heterocycles. The van der Waals surface area contributed by atoms with E-state index in [1.54, 1.807) is 6.07 Å². The molecule has 0 spiro atoms. The van der Waals surface area contributed by atoms with Crippen LogP contribution >= 0.6 is 11.6 Å². The van der Waals surface area contributed by atoms with Gasteiger partial charge in [0.2, 0.25) is 0 Å². The van der Waals surface area contributed by atoms with Crippen molar-refractivity contribution in [2.24, 2.45) is 0 Å². The molecular formula is C15H12ClF3. The summed E-state index contributed by atoms with van der Waals surface area (Å²) in [4.78, 5) is 0. The fourth-order valence-corrected chi connectivity index (χ4v) is 2.42. The summed E-state index contributed by atoms with van der Waals surface area (Å²) in [7, 11) is 0. The van der Waals surface area contributed by atoms with Gasteiger partial charge in [0.25, 0.3) is 0 Å². The predicted octanol–water partition coefficient (Wildman–Crippen LogP) is 5.05. The molecule has 2 rings (SSSR count). The van der Waals surface area contributed by atoms with Crippen molar-refractivity contribution in [1.82, 2.24) is 0 Å². The molecule has 0 saturated carbocycles. The Hall–Kier alpha value is -1.48. The molecule has 100 valence electrons. The summed E-state index contributed by atoms with van der Waals surface area (Å²) in [6, 6.07) is 6.84. The van der Waals surface area contributed by atoms with Crippen molar-refractivity contribution in [2.75, 3.05) is 0 Å². The molecule has 4 heteroatoms. The third-order valence-electron chi connectivity index (χ3n) is 3.01. The second kappa shape index (κ2) is 5.25. The molecule has 0 aliphatic heterocycles. The van der Waals surface area contributed by atoms with Crippen molar-refractivity contribution in [2.45, 2.75) is 19.2 Å². The number of benzene rings is 2. The van der Waals surface area contributed by atoms with Crippen molar-refractivity contribution in [3.05, 3.63) is 70.0 Å². The van der Waals surface area contributed by atoms with Crippen molar-refractivity contribution < 1.29 is 13.2 Å². The zero-order chi connectivity index (χ0) is 14.2. The molecule has 0 saturated heterocycles. The first kappa shape index (κ1) is 13.9. The van der Waals surface area contributed by atoms with Gasteiger partial charge in [0.05, 0.1) is 5.38 Å². The van der Waals surface area contributed by atoms with Crippen LogP contribution in [0.2, 0.25) is 0 Å². The van der Waals surface area contributed by atoms with Crippen LogP contribution in [-0.4, -0.2) is 0 Å². The molecule has 0 bridgehead atoms. The molecule has 0 nitrogen and oxygen atoms in total. The monoisotopic (exact) mass is 284 g/mol. The Labute approximate surface area is 114 Å². The molecule has 0 fully saturated rings. The molecule has 2 aromatic carbocycles. The van der Waals surface area contributed by atoms with Gasteiger partial charge in [-0.3, -0.25) is 0 Å². The van der Waals surface area contributed by atoms with Gasteiger partial charge in [0.1, 0.15) is 5.82 Å². The summed E-state index contributed by atoms with van der Waals surface area (Å²) in [5.74, 6) is -3.17. The Morgan fingerprint density at radius 3 is 2.11 bits per heavy atom. The maximum Gasteiger partial charge on any atom is 0.161 e. The van der Waals surface area contributed by atoms with Crippen molar-refractivity contribution in [3.63, 3.8) is 0 Å². The topological polar surface area (TPSA) is 0 Å². The zero-order valence-electron chi connectivity index (χ0n) is 10.5. The molecule has 0 N–H and O–H groups in total. The third kappa shape index (κ3) is 2.76. The minimum Gasteiger partial charge on any atom is -0.207 e. The summed E-state index contributed by atoms with van der Waals surface area (Å²) in [6.07, 6.45) is 0. The zero-order valence-corrected chi connectivity index (χ0v) is 11.2. The van der Waals surface area contributed by atoms with E-state index in [1.807, 2.05) is 26.0 Å². The van der Waals surface area contributed by atoms with Crippen LogP contribution in [0.5, 0.6) is 0 Å². The number of aryl methyl sites for hydroxylation is 2. The lowest BCUT2D eigenvalue weighted by Crippen LogP contribution is -2.02. The summed E-state index contributed by atoms with van der Waals surface area (Å²) in [5.41, 5.74) is 2.55. The maximum absolute atomic E-state index is 13.7. The number of hydrogen-bond donors (Lipinski definition) is 0. The molecular weight excluding hydrogens is 273 g/mol. The highest BCUT2D eigenvalue weighted by molar-refractivity contribution is 6.22. The van der Waals surface area contributed by atoms with E-state index in [4.69, 9.17) is 11.6 Å². The van der Waals surface area contributed by atoms with Gasteiger partial charge in [-0.05, 0) is 31.0 Å². The van der Waals surface area contributed by atoms with E-state index in [2.05, 4.69) is 0 Å². The van der Waals surface area contributed by atoms with Crippen molar-refractivity contribution in [3.8, 4) is 0 Å². The van der Waals surface area contributed by atoms with E-state index in [9.17, 15) is 13.2 Å². The van der Waals surface area contributed by atoms with Gasteiger partial charge >= 0.3 is 0 Å². The van der Waals surface area contributed by atoms with Crippen LogP contribution in [0, 0.1) is 31.3 Å². The summed E-state index contributed by atoms with van der Waals surface area (Å²) in [6.45, 7) is 3.77. The van der Waals surface area contributed by atoms with Gasteiger partial charge < -0.3 is 0 Å². The highest BCUT2D eigenvalue weighted by Crippen LogP contribution is 2.33. The van der Waals surface area contributed by atoms with Gasteiger partial charge in [-0.15, -0.1) is 11.6 Å². The van der Waals surface area contributed by atoms with Gasteiger partial charge in [-0.1, -0.05) is 23.8 Å². The molecule has 1 unspecified atom stereocenters. The van der Waals surface area contributed by atoms with Gasteiger partial charge in [0.15, 0.2) is 11.6 Å².